The van der Waals surface area contributed by atoms with Crippen molar-refractivity contribution in [2.24, 2.45) is 5.92 Å². The van der Waals surface area contributed by atoms with Crippen molar-refractivity contribution in [2.75, 3.05) is 45.6 Å². The lowest BCUT2D eigenvalue weighted by Gasteiger charge is -2.33. The van der Waals surface area contributed by atoms with Gasteiger partial charge in [-0.2, -0.15) is 0 Å². The van der Waals surface area contributed by atoms with Gasteiger partial charge in [-0.15, -0.1) is 11.3 Å². The SMILES string of the molecule is CSc1nc(C(=O)N2CCC[C@@H](CCC(=O)N3CCOCC3)C2)cs1. The standard InChI is InChI=1S/C17H25N3O3S2/c1-24-17-18-14(12-25-17)16(22)20-6-2-3-13(11-20)4-5-15(21)19-7-9-23-10-8-19/h12-13H,2-11H2,1H3/t13-/m0/s1. The second kappa shape index (κ2) is 9.00. The Morgan fingerprint density at radius 3 is 2.84 bits per heavy atom. The molecule has 3 heterocycles. The van der Waals surface area contributed by atoms with Crippen LogP contribution in [0.3, 0.4) is 0 Å². The Balaban J connectivity index is 1.48. The van der Waals surface area contributed by atoms with E-state index in [0.717, 1.165) is 36.7 Å². The molecule has 0 aromatic carbocycles. The average Bonchev–Trinajstić information content (AvgIpc) is 3.15. The van der Waals surface area contributed by atoms with Crippen LogP contribution in [0, 0.1) is 5.92 Å². The minimum absolute atomic E-state index is 0.0285. The van der Waals surface area contributed by atoms with E-state index in [4.69, 9.17) is 4.74 Å². The zero-order valence-corrected chi connectivity index (χ0v) is 16.2. The first-order valence-corrected chi connectivity index (χ1v) is 10.9. The number of thiazole rings is 1. The van der Waals surface area contributed by atoms with Crippen molar-refractivity contribution >= 4 is 34.9 Å². The van der Waals surface area contributed by atoms with Gasteiger partial charge < -0.3 is 14.5 Å². The molecule has 2 aliphatic rings. The Morgan fingerprint density at radius 1 is 1.32 bits per heavy atom. The molecule has 0 unspecified atom stereocenters. The van der Waals surface area contributed by atoms with Gasteiger partial charge in [-0.1, -0.05) is 11.8 Å². The quantitative estimate of drug-likeness (QED) is 0.731. The third kappa shape index (κ3) is 4.95. The second-order valence-corrected chi connectivity index (χ2v) is 8.41. The molecule has 0 N–H and O–H groups in total. The summed E-state index contributed by atoms with van der Waals surface area (Å²) >= 11 is 3.08. The molecule has 2 amide bonds. The van der Waals surface area contributed by atoms with Gasteiger partial charge in [0.15, 0.2) is 0 Å². The Hall–Kier alpha value is -1.12. The highest BCUT2D eigenvalue weighted by molar-refractivity contribution is 8.00. The molecule has 25 heavy (non-hydrogen) atoms. The number of hydrogen-bond donors (Lipinski definition) is 0. The van der Waals surface area contributed by atoms with Crippen molar-refractivity contribution in [3.63, 3.8) is 0 Å². The topological polar surface area (TPSA) is 62.7 Å². The van der Waals surface area contributed by atoms with Crippen LogP contribution in [-0.4, -0.2) is 72.2 Å². The molecule has 3 rings (SSSR count). The number of amides is 2. The molecule has 2 saturated heterocycles. The number of ether oxygens (including phenoxy) is 1. The van der Waals surface area contributed by atoms with Gasteiger partial charge in [-0.05, 0) is 31.4 Å². The van der Waals surface area contributed by atoms with Crippen LogP contribution in [-0.2, 0) is 9.53 Å². The van der Waals surface area contributed by atoms with Crippen LogP contribution >= 0.6 is 23.1 Å². The molecule has 0 radical (unpaired) electrons. The van der Waals surface area contributed by atoms with Crippen molar-refractivity contribution in [1.82, 2.24) is 14.8 Å². The van der Waals surface area contributed by atoms with Crippen LogP contribution in [0.25, 0.3) is 0 Å². The van der Waals surface area contributed by atoms with E-state index in [1.807, 2.05) is 21.4 Å². The monoisotopic (exact) mass is 383 g/mol. The molecule has 2 aliphatic heterocycles. The maximum Gasteiger partial charge on any atom is 0.273 e. The first-order chi connectivity index (χ1) is 12.2. The van der Waals surface area contributed by atoms with E-state index >= 15 is 0 Å². The fourth-order valence-electron chi connectivity index (χ4n) is 3.39. The first-order valence-electron chi connectivity index (χ1n) is 8.81. The smallest absolute Gasteiger partial charge is 0.273 e. The molecule has 2 fully saturated rings. The number of carbonyl (C=O) groups excluding carboxylic acids is 2. The van der Waals surface area contributed by atoms with Crippen molar-refractivity contribution in [3.05, 3.63) is 11.1 Å². The second-order valence-electron chi connectivity index (χ2n) is 6.49. The van der Waals surface area contributed by atoms with E-state index in [1.54, 1.807) is 11.8 Å². The van der Waals surface area contributed by atoms with Crippen LogP contribution in [0.4, 0.5) is 0 Å². The minimum Gasteiger partial charge on any atom is -0.378 e. The molecular weight excluding hydrogens is 358 g/mol. The molecule has 1 atom stereocenters. The van der Waals surface area contributed by atoms with Gasteiger partial charge in [0, 0.05) is 38.0 Å². The first kappa shape index (κ1) is 18.7. The number of piperidine rings is 1. The van der Waals surface area contributed by atoms with Crippen molar-refractivity contribution in [2.45, 2.75) is 30.0 Å². The van der Waals surface area contributed by atoms with Gasteiger partial charge >= 0.3 is 0 Å². The maximum absolute atomic E-state index is 12.6. The Bertz CT molecular complexity index is 602. The summed E-state index contributed by atoms with van der Waals surface area (Å²) in [4.78, 5) is 33.1. The minimum atomic E-state index is 0.0285. The number of likely N-dealkylation sites (tertiary alicyclic amines) is 1. The normalized spacial score (nSPS) is 21.4. The number of rotatable bonds is 5. The van der Waals surface area contributed by atoms with E-state index in [9.17, 15) is 9.59 Å². The highest BCUT2D eigenvalue weighted by Gasteiger charge is 2.27. The molecule has 138 valence electrons. The third-order valence-electron chi connectivity index (χ3n) is 4.81. The molecule has 8 heteroatoms. The number of thioether (sulfide) groups is 1. The summed E-state index contributed by atoms with van der Waals surface area (Å²) < 4.78 is 6.22. The molecule has 0 aliphatic carbocycles. The average molecular weight is 384 g/mol. The van der Waals surface area contributed by atoms with Crippen molar-refractivity contribution in [1.29, 1.82) is 0 Å². The molecule has 6 nitrogen and oxygen atoms in total. The number of morpholine rings is 1. The fraction of sp³-hybridized carbons (Fsp3) is 0.706. The number of carbonyl (C=O) groups is 2. The summed E-state index contributed by atoms with van der Waals surface area (Å²) in [5, 5.41) is 1.85. The van der Waals surface area contributed by atoms with Gasteiger partial charge in [-0.25, -0.2) is 4.98 Å². The van der Waals surface area contributed by atoms with Gasteiger partial charge in [0.25, 0.3) is 5.91 Å². The van der Waals surface area contributed by atoms with E-state index in [0.29, 0.717) is 44.3 Å². The third-order valence-corrected chi connectivity index (χ3v) is 6.68. The van der Waals surface area contributed by atoms with Crippen LogP contribution in [0.1, 0.15) is 36.2 Å². The molecule has 1 aromatic heterocycles. The van der Waals surface area contributed by atoms with Gasteiger partial charge in [0.05, 0.1) is 13.2 Å². The number of aromatic nitrogens is 1. The van der Waals surface area contributed by atoms with Crippen LogP contribution in [0.15, 0.2) is 9.72 Å². The maximum atomic E-state index is 12.6. The van der Waals surface area contributed by atoms with Crippen molar-refractivity contribution < 1.29 is 14.3 Å². The van der Waals surface area contributed by atoms with E-state index in [1.165, 1.54) is 11.3 Å². The number of hydrogen-bond acceptors (Lipinski definition) is 6. The molecular formula is C17H25N3O3S2. The lowest BCUT2D eigenvalue weighted by Crippen LogP contribution is -2.42. The Kier molecular flexibility index (Phi) is 6.72. The Labute approximate surface area is 156 Å². The number of nitrogens with zero attached hydrogens (tertiary/aromatic N) is 3. The molecule has 0 bridgehead atoms. The lowest BCUT2D eigenvalue weighted by atomic mass is 9.93. The zero-order valence-electron chi connectivity index (χ0n) is 14.6. The fourth-order valence-corrected chi connectivity index (χ4v) is 4.63. The van der Waals surface area contributed by atoms with Crippen LogP contribution in [0.2, 0.25) is 0 Å². The summed E-state index contributed by atoms with van der Waals surface area (Å²) in [5.41, 5.74) is 0.555. The van der Waals surface area contributed by atoms with Crippen molar-refractivity contribution in [3.8, 4) is 0 Å². The summed E-state index contributed by atoms with van der Waals surface area (Å²) in [6, 6.07) is 0. The highest BCUT2D eigenvalue weighted by Crippen LogP contribution is 2.25. The zero-order chi connectivity index (χ0) is 17.6. The van der Waals surface area contributed by atoms with Gasteiger partial charge in [-0.3, -0.25) is 9.59 Å². The summed E-state index contributed by atoms with van der Waals surface area (Å²) in [6.07, 6.45) is 5.48. The molecule has 1 aromatic rings. The van der Waals surface area contributed by atoms with Crippen LogP contribution in [0.5, 0.6) is 0 Å². The highest BCUT2D eigenvalue weighted by atomic mass is 32.2. The van der Waals surface area contributed by atoms with Gasteiger partial charge in [0.1, 0.15) is 10.0 Å². The molecule has 0 saturated carbocycles. The predicted octanol–water partition coefficient (Wildman–Crippen LogP) is 2.36. The van der Waals surface area contributed by atoms with E-state index < -0.39 is 0 Å². The summed E-state index contributed by atoms with van der Waals surface area (Å²) in [7, 11) is 0. The molecule has 0 spiro atoms. The largest absolute Gasteiger partial charge is 0.378 e. The lowest BCUT2D eigenvalue weighted by molar-refractivity contribution is -0.135. The van der Waals surface area contributed by atoms with Crippen LogP contribution < -0.4 is 0 Å². The van der Waals surface area contributed by atoms with Gasteiger partial charge in [0.2, 0.25) is 5.91 Å². The van der Waals surface area contributed by atoms with E-state index in [-0.39, 0.29) is 11.8 Å². The van der Waals surface area contributed by atoms with E-state index in [2.05, 4.69) is 4.98 Å². The predicted molar refractivity (Wildman–Crippen MR) is 99.2 cm³/mol. The summed E-state index contributed by atoms with van der Waals surface area (Å²) in [5.74, 6) is 0.651. The summed E-state index contributed by atoms with van der Waals surface area (Å²) in [6.45, 7) is 4.22. The Morgan fingerprint density at radius 2 is 2.12 bits per heavy atom.